The third kappa shape index (κ3) is 2.60. The number of H-pyrrole nitrogens is 1. The first kappa shape index (κ1) is 14.7. The van der Waals surface area contributed by atoms with Crippen LogP contribution in [-0.4, -0.2) is 30.0 Å². The fourth-order valence-corrected chi connectivity index (χ4v) is 2.89. The molecule has 22 heavy (non-hydrogen) atoms. The Morgan fingerprint density at radius 2 is 2.27 bits per heavy atom. The molecular weight excluding hydrogens is 376 g/mol. The zero-order valence-electron chi connectivity index (χ0n) is 11.2. The smallest absolute Gasteiger partial charge is 0.315 e. The first-order valence-electron chi connectivity index (χ1n) is 6.00. The Balaban J connectivity index is 1.91. The molecule has 11 heteroatoms. The Morgan fingerprint density at radius 3 is 2.95 bits per heavy atom. The molecule has 114 valence electrons. The van der Waals surface area contributed by atoms with Gasteiger partial charge in [0.2, 0.25) is 5.91 Å². The van der Waals surface area contributed by atoms with Crippen LogP contribution in [0.5, 0.6) is 0 Å². The molecule has 0 aliphatic heterocycles. The van der Waals surface area contributed by atoms with Crippen LogP contribution in [0.15, 0.2) is 25.2 Å². The van der Waals surface area contributed by atoms with Crippen LogP contribution < -0.4 is 16.6 Å². The summed E-state index contributed by atoms with van der Waals surface area (Å²) in [5.74, 6) is 0.0676. The van der Waals surface area contributed by atoms with Gasteiger partial charge in [-0.25, -0.2) is 14.8 Å². The lowest BCUT2D eigenvalue weighted by Gasteiger charge is -2.04. The lowest BCUT2D eigenvalue weighted by molar-refractivity contribution is -0.116. The Labute approximate surface area is 134 Å². The van der Waals surface area contributed by atoms with Gasteiger partial charge in [-0.15, -0.1) is 11.3 Å². The van der Waals surface area contributed by atoms with Crippen molar-refractivity contribution in [2.75, 3.05) is 5.32 Å². The van der Waals surface area contributed by atoms with Crippen LogP contribution in [0.1, 0.15) is 0 Å². The molecule has 0 spiro atoms. The molecule has 0 aliphatic carbocycles. The second-order valence-corrected chi connectivity index (χ2v) is 6.53. The number of hydrogen-bond donors (Lipinski definition) is 2. The number of aromatic amines is 1. The fraction of sp³-hybridized carbons (Fsp3) is 0.182. The molecule has 0 radical (unpaired) electrons. The van der Waals surface area contributed by atoms with Gasteiger partial charge in [-0.3, -0.25) is 19.1 Å². The number of carbonyl (C=O) groups is 1. The first-order valence-corrected chi connectivity index (χ1v) is 7.68. The van der Waals surface area contributed by atoms with E-state index in [0.29, 0.717) is 9.73 Å². The van der Waals surface area contributed by atoms with Gasteiger partial charge in [0.05, 0.1) is 6.33 Å². The molecule has 0 aromatic carbocycles. The topological polar surface area (TPSA) is 115 Å². The summed E-state index contributed by atoms with van der Waals surface area (Å²) in [6, 6.07) is 0. The zero-order valence-corrected chi connectivity index (χ0v) is 13.6. The number of carbonyl (C=O) groups excluding carboxylic acids is 1. The summed E-state index contributed by atoms with van der Waals surface area (Å²) in [5.41, 5.74) is -0.756. The average molecular weight is 385 g/mol. The minimum atomic E-state index is -0.584. The van der Waals surface area contributed by atoms with E-state index in [1.54, 1.807) is 5.38 Å². The molecular formula is C11H9BrN6O3S. The van der Waals surface area contributed by atoms with Crippen LogP contribution >= 0.6 is 27.3 Å². The van der Waals surface area contributed by atoms with Crippen LogP contribution in [0, 0.1) is 0 Å². The quantitative estimate of drug-likeness (QED) is 0.672. The molecule has 0 saturated carbocycles. The lowest BCUT2D eigenvalue weighted by Crippen LogP contribution is -2.30. The van der Waals surface area contributed by atoms with Crippen molar-refractivity contribution in [2.24, 2.45) is 7.05 Å². The first-order chi connectivity index (χ1) is 10.5. The number of hydrogen-bond acceptors (Lipinski definition) is 6. The molecule has 0 fully saturated rings. The number of fused-ring (bicyclic) bond motifs is 1. The molecule has 0 saturated heterocycles. The van der Waals surface area contributed by atoms with Gasteiger partial charge in [-0.1, -0.05) is 0 Å². The SMILES string of the molecule is Cn1c(=O)[nH]c(=O)c2c1ncn2CC(=O)Nc1csc(Br)n1. The monoisotopic (exact) mass is 384 g/mol. The van der Waals surface area contributed by atoms with Crippen LogP contribution in [-0.2, 0) is 18.4 Å². The maximum atomic E-state index is 12.0. The van der Waals surface area contributed by atoms with Crippen molar-refractivity contribution >= 4 is 50.2 Å². The number of thiazole rings is 1. The highest BCUT2D eigenvalue weighted by Crippen LogP contribution is 2.19. The summed E-state index contributed by atoms with van der Waals surface area (Å²) in [5, 5.41) is 4.30. The van der Waals surface area contributed by atoms with Crippen molar-refractivity contribution in [3.8, 4) is 0 Å². The Hall–Kier alpha value is -2.27. The second kappa shape index (κ2) is 5.50. The van der Waals surface area contributed by atoms with Crippen LogP contribution in [0.4, 0.5) is 5.82 Å². The summed E-state index contributed by atoms with van der Waals surface area (Å²) in [6.45, 7) is -0.118. The van der Waals surface area contributed by atoms with Gasteiger partial charge >= 0.3 is 5.69 Å². The number of aryl methyl sites for hydroxylation is 1. The van der Waals surface area contributed by atoms with Crippen molar-refractivity contribution < 1.29 is 4.79 Å². The van der Waals surface area contributed by atoms with E-state index in [2.05, 4.69) is 36.2 Å². The Kier molecular flexibility index (Phi) is 3.66. The largest absolute Gasteiger partial charge is 0.329 e. The van der Waals surface area contributed by atoms with Crippen LogP contribution in [0.2, 0.25) is 0 Å². The van der Waals surface area contributed by atoms with Crippen LogP contribution in [0.3, 0.4) is 0 Å². The molecule has 1 amide bonds. The molecule has 9 nitrogen and oxygen atoms in total. The van der Waals surface area contributed by atoms with E-state index in [0.717, 1.165) is 0 Å². The molecule has 0 aliphatic rings. The van der Waals surface area contributed by atoms with Crippen LogP contribution in [0.25, 0.3) is 11.2 Å². The Bertz CT molecular complexity index is 984. The molecule has 3 aromatic heterocycles. The number of amides is 1. The van der Waals surface area contributed by atoms with Crippen molar-refractivity contribution in [3.63, 3.8) is 0 Å². The van der Waals surface area contributed by atoms with Crippen molar-refractivity contribution in [3.05, 3.63) is 36.5 Å². The third-order valence-corrected chi connectivity index (χ3v) is 4.30. The normalized spacial score (nSPS) is 11.0. The third-order valence-electron chi connectivity index (χ3n) is 2.93. The van der Waals surface area contributed by atoms with E-state index < -0.39 is 11.2 Å². The summed E-state index contributed by atoms with van der Waals surface area (Å²) >= 11 is 4.54. The summed E-state index contributed by atoms with van der Waals surface area (Å²) < 4.78 is 3.25. The maximum absolute atomic E-state index is 12.0. The number of imidazole rings is 1. The van der Waals surface area contributed by atoms with E-state index in [1.807, 2.05) is 0 Å². The second-order valence-electron chi connectivity index (χ2n) is 4.40. The minimum Gasteiger partial charge on any atom is -0.315 e. The number of anilines is 1. The van der Waals surface area contributed by atoms with Gasteiger partial charge in [0, 0.05) is 12.4 Å². The van der Waals surface area contributed by atoms with Crippen molar-refractivity contribution in [1.82, 2.24) is 24.1 Å². The predicted octanol–water partition coefficient (Wildman–Crippen LogP) is 0.281. The van der Waals surface area contributed by atoms with Gasteiger partial charge in [0.1, 0.15) is 12.4 Å². The van der Waals surface area contributed by atoms with E-state index in [4.69, 9.17) is 0 Å². The van der Waals surface area contributed by atoms with E-state index in [1.165, 1.54) is 33.8 Å². The highest BCUT2D eigenvalue weighted by Gasteiger charge is 2.14. The standard InChI is InChI=1S/C11H9BrN6O3S/c1-17-8-7(9(20)16-11(17)21)18(4-13-8)2-6(19)14-5-3-22-10(12)15-5/h3-4H,2H2,1H3,(H,14,19)(H,16,20,21). The van der Waals surface area contributed by atoms with Gasteiger partial charge in [0.25, 0.3) is 5.56 Å². The lowest BCUT2D eigenvalue weighted by atomic mass is 10.5. The molecule has 0 unspecified atom stereocenters. The number of nitrogens with one attached hydrogen (secondary N) is 2. The summed E-state index contributed by atoms with van der Waals surface area (Å²) in [6.07, 6.45) is 1.34. The zero-order chi connectivity index (χ0) is 15.9. The number of halogens is 1. The average Bonchev–Trinajstić information content (AvgIpc) is 3.03. The predicted molar refractivity (Wildman–Crippen MR) is 84.0 cm³/mol. The Morgan fingerprint density at radius 1 is 1.50 bits per heavy atom. The highest BCUT2D eigenvalue weighted by molar-refractivity contribution is 9.11. The fourth-order valence-electron chi connectivity index (χ4n) is 1.95. The summed E-state index contributed by atoms with van der Waals surface area (Å²) in [4.78, 5) is 45.6. The van der Waals surface area contributed by atoms with Gasteiger partial charge < -0.3 is 9.88 Å². The van der Waals surface area contributed by atoms with E-state index >= 15 is 0 Å². The summed E-state index contributed by atoms with van der Waals surface area (Å²) in [7, 11) is 1.49. The molecule has 3 rings (SSSR count). The maximum Gasteiger partial charge on any atom is 0.329 e. The molecule has 2 N–H and O–H groups in total. The molecule has 3 heterocycles. The van der Waals surface area contributed by atoms with Crippen molar-refractivity contribution in [2.45, 2.75) is 6.54 Å². The highest BCUT2D eigenvalue weighted by atomic mass is 79.9. The minimum absolute atomic E-state index is 0.118. The molecule has 0 bridgehead atoms. The molecule has 0 atom stereocenters. The number of rotatable bonds is 3. The number of nitrogens with zero attached hydrogens (tertiary/aromatic N) is 4. The number of aromatic nitrogens is 5. The van der Waals surface area contributed by atoms with E-state index in [-0.39, 0.29) is 23.6 Å². The van der Waals surface area contributed by atoms with Gasteiger partial charge in [-0.2, -0.15) is 0 Å². The molecule has 3 aromatic rings. The van der Waals surface area contributed by atoms with Gasteiger partial charge in [0.15, 0.2) is 15.1 Å². The van der Waals surface area contributed by atoms with E-state index in [9.17, 15) is 14.4 Å². The van der Waals surface area contributed by atoms with Crippen molar-refractivity contribution in [1.29, 1.82) is 0 Å². The van der Waals surface area contributed by atoms with Gasteiger partial charge in [-0.05, 0) is 15.9 Å².